The molecule has 1 nitrogen and oxygen atoms in total. The molecular weight excluding hydrogens is 320 g/mol. The monoisotopic (exact) mass is 350 g/mol. The van der Waals surface area contributed by atoms with E-state index in [2.05, 4.69) is 44.3 Å². The van der Waals surface area contributed by atoms with Crippen LogP contribution in [0.25, 0.3) is 0 Å². The molecule has 2 aromatic rings. The average molecular weight is 351 g/mol. The largest absolute Gasteiger partial charge is 0.305 e. The molecule has 0 heterocycles. The van der Waals surface area contributed by atoms with Gasteiger partial charge in [-0.3, -0.25) is 0 Å². The van der Waals surface area contributed by atoms with Gasteiger partial charge in [0.25, 0.3) is 0 Å². The van der Waals surface area contributed by atoms with Crippen molar-refractivity contribution in [2.24, 2.45) is 5.92 Å². The summed E-state index contributed by atoms with van der Waals surface area (Å²) in [7, 11) is -2.36. The fraction of sp³-hybridized carbons (Fsp3) is 0.348. The van der Waals surface area contributed by atoms with Crippen LogP contribution in [0.4, 0.5) is 0 Å². The topological polar surface area (TPSA) is 17.1 Å². The molecule has 1 unspecified atom stereocenters. The Morgan fingerprint density at radius 3 is 2.00 bits per heavy atom. The summed E-state index contributed by atoms with van der Waals surface area (Å²) in [5, 5.41) is 2.87. The van der Waals surface area contributed by atoms with Crippen molar-refractivity contribution in [1.29, 1.82) is 0 Å². The van der Waals surface area contributed by atoms with E-state index in [9.17, 15) is 4.79 Å². The smallest absolute Gasteiger partial charge is 0.190 e. The highest BCUT2D eigenvalue weighted by Crippen LogP contribution is 2.17. The lowest BCUT2D eigenvalue weighted by Crippen LogP contribution is -2.62. The first kappa shape index (κ1) is 19.4. The molecule has 132 valence electrons. The molecule has 25 heavy (non-hydrogen) atoms. The van der Waals surface area contributed by atoms with E-state index in [1.165, 1.54) is 16.8 Å². The van der Waals surface area contributed by atoms with Gasteiger partial charge in [-0.1, -0.05) is 86.6 Å². The molecule has 0 aliphatic rings. The van der Waals surface area contributed by atoms with Crippen LogP contribution in [0.3, 0.4) is 0 Å². The van der Waals surface area contributed by atoms with E-state index in [0.717, 1.165) is 19.3 Å². The Morgan fingerprint density at radius 2 is 1.52 bits per heavy atom. The van der Waals surface area contributed by atoms with Crippen LogP contribution in [0.5, 0.6) is 0 Å². The van der Waals surface area contributed by atoms with Gasteiger partial charge in [-0.2, -0.15) is 0 Å². The second-order valence-electron chi connectivity index (χ2n) is 7.14. The summed E-state index contributed by atoms with van der Waals surface area (Å²) in [4.78, 5) is 13.3. The van der Waals surface area contributed by atoms with E-state index in [0.29, 0.717) is 17.7 Å². The first-order valence-corrected chi connectivity index (χ1v) is 11.8. The molecule has 2 heteroatoms. The standard InChI is InChI=1S/C23H30OSi/c1-4-5-13-20(2)14-12-19-23(24)25(3,21-15-8-6-9-16-21)22-17-10-7-11-18-22/h4,6-11,15-18,20H,1,5,12-14,19H2,2-3H3. The van der Waals surface area contributed by atoms with Crippen LogP contribution in [0, 0.1) is 5.92 Å². The second kappa shape index (κ2) is 9.52. The third-order valence-corrected chi connectivity index (χ3v) is 9.57. The van der Waals surface area contributed by atoms with Crippen molar-refractivity contribution in [3.8, 4) is 0 Å². The Morgan fingerprint density at radius 1 is 1.00 bits per heavy atom. The zero-order valence-corrected chi connectivity index (χ0v) is 16.6. The maximum Gasteiger partial charge on any atom is 0.190 e. The van der Waals surface area contributed by atoms with Crippen molar-refractivity contribution in [3.63, 3.8) is 0 Å². The van der Waals surface area contributed by atoms with Crippen molar-refractivity contribution in [2.45, 2.75) is 45.6 Å². The van der Waals surface area contributed by atoms with Gasteiger partial charge in [0.1, 0.15) is 5.41 Å². The minimum atomic E-state index is -2.36. The molecule has 0 aliphatic carbocycles. The quantitative estimate of drug-likeness (QED) is 0.446. The number of benzene rings is 2. The van der Waals surface area contributed by atoms with E-state index in [1.54, 1.807) is 0 Å². The molecule has 0 spiro atoms. The predicted molar refractivity (Wildman–Crippen MR) is 111 cm³/mol. The number of hydrogen-bond acceptors (Lipinski definition) is 1. The van der Waals surface area contributed by atoms with Crippen LogP contribution in [0.1, 0.15) is 39.0 Å². The molecule has 2 rings (SSSR count). The van der Waals surface area contributed by atoms with Gasteiger partial charge in [-0.05, 0) is 35.6 Å². The maximum absolute atomic E-state index is 13.3. The minimum Gasteiger partial charge on any atom is -0.305 e. The summed E-state index contributed by atoms with van der Waals surface area (Å²) in [5.74, 6) is 0.659. The SMILES string of the molecule is C=CCCC(C)CCCC(=O)[Si](C)(c1ccccc1)c1ccccc1. The zero-order chi connectivity index (χ0) is 18.1. The summed E-state index contributed by atoms with van der Waals surface area (Å²) in [6.45, 7) is 8.28. The molecule has 0 aromatic heterocycles. The molecule has 0 amide bonds. The Kier molecular flexibility index (Phi) is 7.39. The number of carbonyl (C=O) groups excluding carboxylic acids is 1. The molecule has 0 bridgehead atoms. The highest BCUT2D eigenvalue weighted by molar-refractivity contribution is 7.21. The Hall–Kier alpha value is -1.93. The summed E-state index contributed by atoms with van der Waals surface area (Å²) in [6, 6.07) is 20.8. The third kappa shape index (κ3) is 5.02. The van der Waals surface area contributed by atoms with Gasteiger partial charge < -0.3 is 4.79 Å². The second-order valence-corrected chi connectivity index (χ2v) is 11.1. The molecule has 2 aromatic carbocycles. The molecule has 0 N–H and O–H groups in total. The lowest BCUT2D eigenvalue weighted by atomic mass is 9.99. The van der Waals surface area contributed by atoms with Crippen molar-refractivity contribution in [2.75, 3.05) is 0 Å². The van der Waals surface area contributed by atoms with E-state index in [4.69, 9.17) is 0 Å². The van der Waals surface area contributed by atoms with Crippen LogP contribution in [-0.2, 0) is 4.79 Å². The number of allylic oxidation sites excluding steroid dienone is 1. The first-order chi connectivity index (χ1) is 12.1. The summed E-state index contributed by atoms with van der Waals surface area (Å²) in [6.07, 6.45) is 7.01. The molecule has 0 fully saturated rings. The summed E-state index contributed by atoms with van der Waals surface area (Å²) < 4.78 is 0. The number of rotatable bonds is 10. The number of hydrogen-bond donors (Lipinski definition) is 0. The molecule has 1 atom stereocenters. The lowest BCUT2D eigenvalue weighted by molar-refractivity contribution is -0.112. The van der Waals surface area contributed by atoms with Crippen LogP contribution in [0.2, 0.25) is 6.55 Å². The Balaban J connectivity index is 2.14. The van der Waals surface area contributed by atoms with Crippen molar-refractivity contribution in [3.05, 3.63) is 73.3 Å². The molecule has 0 radical (unpaired) electrons. The van der Waals surface area contributed by atoms with E-state index in [1.807, 2.05) is 42.5 Å². The summed E-state index contributed by atoms with van der Waals surface area (Å²) >= 11 is 0. The van der Waals surface area contributed by atoms with Gasteiger partial charge >= 0.3 is 0 Å². The Bertz CT molecular complexity index is 624. The van der Waals surface area contributed by atoms with Crippen LogP contribution in [-0.4, -0.2) is 13.5 Å². The average Bonchev–Trinajstić information content (AvgIpc) is 2.67. The fourth-order valence-electron chi connectivity index (χ4n) is 3.44. The van der Waals surface area contributed by atoms with Crippen molar-refractivity contribution >= 4 is 23.9 Å². The third-order valence-electron chi connectivity index (χ3n) is 5.22. The molecular formula is C23H30OSi. The predicted octanol–water partition coefficient (Wildman–Crippen LogP) is 4.76. The van der Waals surface area contributed by atoms with Crippen LogP contribution < -0.4 is 10.4 Å². The van der Waals surface area contributed by atoms with Crippen LogP contribution >= 0.6 is 0 Å². The summed E-state index contributed by atoms with van der Waals surface area (Å²) in [5.41, 5.74) is 0. The van der Waals surface area contributed by atoms with Gasteiger partial charge in [0, 0.05) is 6.42 Å². The molecule has 0 aliphatic heterocycles. The van der Waals surface area contributed by atoms with Gasteiger partial charge in [-0.15, -0.1) is 6.58 Å². The van der Waals surface area contributed by atoms with Crippen LogP contribution in [0.15, 0.2) is 73.3 Å². The maximum atomic E-state index is 13.3. The Labute approximate surface area is 153 Å². The fourth-order valence-corrected chi connectivity index (χ4v) is 6.81. The van der Waals surface area contributed by atoms with Crippen molar-refractivity contribution < 1.29 is 4.79 Å². The minimum absolute atomic E-state index is 0.445. The zero-order valence-electron chi connectivity index (χ0n) is 15.6. The van der Waals surface area contributed by atoms with Gasteiger partial charge in [-0.25, -0.2) is 0 Å². The van der Waals surface area contributed by atoms with Gasteiger partial charge in [0.15, 0.2) is 8.07 Å². The highest BCUT2D eigenvalue weighted by atomic mass is 28.3. The first-order valence-electron chi connectivity index (χ1n) is 9.34. The highest BCUT2D eigenvalue weighted by Gasteiger charge is 2.39. The molecule has 0 saturated carbocycles. The van der Waals surface area contributed by atoms with Gasteiger partial charge in [0.05, 0.1) is 0 Å². The molecule has 0 saturated heterocycles. The lowest BCUT2D eigenvalue weighted by Gasteiger charge is -2.27. The van der Waals surface area contributed by atoms with Crippen molar-refractivity contribution in [1.82, 2.24) is 0 Å². The van der Waals surface area contributed by atoms with Gasteiger partial charge in [0.2, 0.25) is 0 Å². The van der Waals surface area contributed by atoms with E-state index in [-0.39, 0.29) is 0 Å². The normalized spacial score (nSPS) is 12.6. The van der Waals surface area contributed by atoms with E-state index < -0.39 is 8.07 Å². The van der Waals surface area contributed by atoms with E-state index >= 15 is 0 Å². The number of carbonyl (C=O) groups is 1.